The maximum atomic E-state index is 14.1. The number of aryl methyl sites for hydroxylation is 1. The first kappa shape index (κ1) is 81.9. The van der Waals surface area contributed by atoms with E-state index in [9.17, 15) is 33.9 Å². The van der Waals surface area contributed by atoms with Crippen LogP contribution in [-0.2, 0) is 40.0 Å². The van der Waals surface area contributed by atoms with E-state index < -0.39 is 23.5 Å². The fourth-order valence-electron chi connectivity index (χ4n) is 13.4. The highest BCUT2D eigenvalue weighted by Crippen LogP contribution is 2.38. The maximum absolute atomic E-state index is 14.1. The Kier molecular flexibility index (Phi) is 32.8. The molecule has 7 aromatic carbocycles. The highest BCUT2D eigenvalue weighted by Gasteiger charge is 2.44. The van der Waals surface area contributed by atoms with E-state index in [4.69, 9.17) is 9.47 Å². The Labute approximate surface area is 633 Å². The van der Waals surface area contributed by atoms with E-state index in [1.807, 2.05) is 113 Å². The molecule has 2 heterocycles. The number of aromatic nitrogens is 1. The van der Waals surface area contributed by atoms with Crippen LogP contribution in [0.25, 0.3) is 32.7 Å². The Morgan fingerprint density at radius 3 is 1.41 bits per heavy atom. The summed E-state index contributed by atoms with van der Waals surface area (Å²) in [4.78, 5) is 87.8. The van der Waals surface area contributed by atoms with Crippen molar-refractivity contribution in [3.05, 3.63) is 244 Å². The van der Waals surface area contributed by atoms with Gasteiger partial charge >= 0.3 is 5.97 Å². The molecule has 1 saturated heterocycles. The minimum Gasteiger partial charge on any atom is -0.492 e. The number of Topliss-reactive ketones (excluding diaryl/α,β-unsaturated/α-hetero) is 1. The Hall–Kier alpha value is -9.77. The number of unbranched alkanes of at least 4 members (excludes halogenated alkanes) is 6. The molecular formula is C90H109N5O10S. The number of aliphatic hydroxyl groups excluding tert-OH is 1. The van der Waals surface area contributed by atoms with Crippen molar-refractivity contribution >= 4 is 69.0 Å². The van der Waals surface area contributed by atoms with Crippen LogP contribution in [0.15, 0.2) is 200 Å². The average Bonchev–Trinajstić information content (AvgIpc) is 1.23. The summed E-state index contributed by atoms with van der Waals surface area (Å²) in [5.41, 5.74) is 16.3. The lowest BCUT2D eigenvalue weighted by molar-refractivity contribution is -0.146. The van der Waals surface area contributed by atoms with Crippen molar-refractivity contribution < 1.29 is 48.1 Å². The number of carbonyl (C=O) groups is 6. The number of rotatable bonds is 37. The number of esters is 1. The second-order valence-corrected chi connectivity index (χ2v) is 29.3. The summed E-state index contributed by atoms with van der Waals surface area (Å²) >= 11 is 1.59. The third kappa shape index (κ3) is 24.9. The van der Waals surface area contributed by atoms with E-state index >= 15 is 0 Å². The number of ether oxygens (including phenoxy) is 3. The van der Waals surface area contributed by atoms with Gasteiger partial charge in [-0.25, -0.2) is 4.98 Å². The molecule has 560 valence electrons. The lowest BCUT2D eigenvalue weighted by atomic mass is 9.76. The van der Waals surface area contributed by atoms with Gasteiger partial charge in [0.25, 0.3) is 0 Å². The normalized spacial score (nSPS) is 14.2. The molecule has 0 saturated carbocycles. The maximum Gasteiger partial charge on any atom is 0.305 e. The van der Waals surface area contributed by atoms with E-state index in [1.165, 1.54) is 56.6 Å². The number of likely N-dealkylation sites (tertiary alicyclic amines) is 1. The predicted octanol–water partition coefficient (Wildman–Crippen LogP) is 18.0. The molecule has 1 aliphatic rings. The minimum absolute atomic E-state index is 0.00226. The van der Waals surface area contributed by atoms with E-state index in [0.29, 0.717) is 58.4 Å². The Morgan fingerprint density at radius 1 is 0.566 bits per heavy atom. The molecule has 1 fully saturated rings. The summed E-state index contributed by atoms with van der Waals surface area (Å²) < 4.78 is 16.7. The zero-order valence-electron chi connectivity index (χ0n) is 63.7. The van der Waals surface area contributed by atoms with Gasteiger partial charge in [-0.1, -0.05) is 230 Å². The van der Waals surface area contributed by atoms with Crippen molar-refractivity contribution in [2.45, 2.75) is 163 Å². The summed E-state index contributed by atoms with van der Waals surface area (Å²) in [6.45, 7) is 14.3. The average molecular weight is 1450 g/mol. The molecule has 4 amide bonds. The van der Waals surface area contributed by atoms with Crippen molar-refractivity contribution in [3.63, 3.8) is 0 Å². The van der Waals surface area contributed by atoms with Crippen molar-refractivity contribution in [1.82, 2.24) is 25.0 Å². The van der Waals surface area contributed by atoms with Crippen molar-refractivity contribution in [2.24, 2.45) is 11.3 Å². The molecule has 0 spiro atoms. The van der Waals surface area contributed by atoms with Crippen LogP contribution in [0.2, 0.25) is 0 Å². The number of nitrogens with one attached hydrogen (secondary N) is 1. The number of amides is 4. The topological polar surface area (TPSA) is 185 Å². The highest BCUT2D eigenvalue weighted by atomic mass is 32.1. The number of aliphatic hydroxyl groups is 1. The lowest BCUT2D eigenvalue weighted by Crippen LogP contribution is -2.50. The number of benzene rings is 7. The van der Waals surface area contributed by atoms with Crippen LogP contribution in [-0.4, -0.2) is 126 Å². The standard InChI is InChI=1S/C56H68N4O6S.C34H41NO4/c1-7-48(41-18-12-10-13-19-41)52(42-20-14-11-15-21-42)43-28-30-47(31-29-43)66-33-32-59(6)51(63)23-17-9-8-16-22-45(61)34-49(56(3,4)5)55(65)60-37-46(62)35-50(60)54(64)57-36-40-24-26-44(27-25-40)53-39(2)58-38-67-53;1-4-31(27-15-9-7-10-16-27)34(28-17-11-8-12-18-28)29-21-23-30(24-22-29)39-26-25-35(2)32(36)19-13-5-6-14-20-33(37)38-3/h10-15,18-21,24-31,38,46,49-50,62H,7-9,16-17,22-23,32-37H2,1-6H3,(H,57,64);7-12,15-18,21-24H,4-6,13-14,19-20,25-26H2,1-3H3/b52-48-;34-31-/t46-,49-,50+;/m1./s1. The fourth-order valence-corrected chi connectivity index (χ4v) is 14.3. The molecule has 9 rings (SSSR count). The van der Waals surface area contributed by atoms with E-state index in [0.717, 1.165) is 102 Å². The van der Waals surface area contributed by atoms with E-state index in [1.54, 1.807) is 28.2 Å². The van der Waals surface area contributed by atoms with Crippen LogP contribution in [0.3, 0.4) is 0 Å². The molecule has 2 N–H and O–H groups in total. The predicted molar refractivity (Wildman–Crippen MR) is 428 cm³/mol. The second-order valence-electron chi connectivity index (χ2n) is 28.4. The molecule has 1 aromatic heterocycles. The van der Waals surface area contributed by atoms with Crippen molar-refractivity contribution in [3.8, 4) is 21.9 Å². The van der Waals surface area contributed by atoms with E-state index in [2.05, 4.69) is 150 Å². The quantitative estimate of drug-likeness (QED) is 0.0214. The molecule has 1 aliphatic heterocycles. The molecular weight excluding hydrogens is 1340 g/mol. The zero-order chi connectivity index (χ0) is 75.8. The number of methoxy groups -OCH3 is 1. The van der Waals surface area contributed by atoms with Crippen LogP contribution in [0.4, 0.5) is 0 Å². The van der Waals surface area contributed by atoms with Crippen molar-refractivity contribution in [1.29, 1.82) is 0 Å². The van der Waals surface area contributed by atoms with Crippen LogP contribution < -0.4 is 14.8 Å². The molecule has 106 heavy (non-hydrogen) atoms. The number of carbonyl (C=O) groups excluding carboxylic acids is 6. The first-order chi connectivity index (χ1) is 51.3. The van der Waals surface area contributed by atoms with Gasteiger partial charge in [-0.3, -0.25) is 28.8 Å². The van der Waals surface area contributed by atoms with Crippen LogP contribution in [0, 0.1) is 18.3 Å². The number of hydrogen-bond donors (Lipinski definition) is 2. The Bertz CT molecular complexity index is 4120. The second kappa shape index (κ2) is 42.4. The summed E-state index contributed by atoms with van der Waals surface area (Å²) in [6, 6.07) is 65.6. The third-order valence-electron chi connectivity index (χ3n) is 19.6. The molecule has 0 aliphatic carbocycles. The molecule has 3 atom stereocenters. The van der Waals surface area contributed by atoms with Gasteiger partial charge in [-0.05, 0) is 142 Å². The monoisotopic (exact) mass is 1450 g/mol. The van der Waals surface area contributed by atoms with Gasteiger partial charge in [0, 0.05) is 71.6 Å². The molecule has 0 bridgehead atoms. The summed E-state index contributed by atoms with van der Waals surface area (Å²) in [5.74, 6) is 0.313. The largest absolute Gasteiger partial charge is 0.492 e. The van der Waals surface area contributed by atoms with Crippen LogP contribution >= 0.6 is 11.3 Å². The van der Waals surface area contributed by atoms with Crippen molar-refractivity contribution in [2.75, 3.05) is 54.1 Å². The lowest BCUT2D eigenvalue weighted by Gasteiger charge is -2.34. The molecule has 0 unspecified atom stereocenters. The number of ketones is 1. The van der Waals surface area contributed by atoms with Gasteiger partial charge in [0.15, 0.2) is 0 Å². The summed E-state index contributed by atoms with van der Waals surface area (Å²) in [5, 5.41) is 13.6. The van der Waals surface area contributed by atoms with Crippen LogP contribution in [0.5, 0.6) is 11.5 Å². The zero-order valence-corrected chi connectivity index (χ0v) is 64.5. The number of hydrogen-bond acceptors (Lipinski definition) is 12. The van der Waals surface area contributed by atoms with Gasteiger partial charge in [0.05, 0.1) is 42.4 Å². The number of likely N-dealkylation sites (N-methyl/N-ethyl adjacent to an activating group) is 2. The van der Waals surface area contributed by atoms with E-state index in [-0.39, 0.29) is 61.3 Å². The molecule has 16 heteroatoms. The summed E-state index contributed by atoms with van der Waals surface area (Å²) in [6.07, 6.45) is 9.44. The number of nitrogens with zero attached hydrogens (tertiary/aromatic N) is 4. The molecule has 0 radical (unpaired) electrons. The van der Waals surface area contributed by atoms with Crippen LogP contribution in [0.1, 0.15) is 182 Å². The Balaban J connectivity index is 0.000000309. The van der Waals surface area contributed by atoms with Gasteiger partial charge in [-0.2, -0.15) is 0 Å². The number of β-amino-alcohol motifs (C(OH)–C–C–N with tert-alkyl or cyclic N) is 1. The van der Waals surface area contributed by atoms with Gasteiger partial charge in [0.1, 0.15) is 36.5 Å². The minimum atomic E-state index is -0.821. The first-order valence-corrected chi connectivity index (χ1v) is 38.6. The third-order valence-corrected chi connectivity index (χ3v) is 20.6. The Morgan fingerprint density at radius 2 is 0.991 bits per heavy atom. The molecule has 15 nitrogen and oxygen atoms in total. The fraction of sp³-hybridized carbons (Fsp3) is 0.389. The van der Waals surface area contributed by atoms with Gasteiger partial charge in [0.2, 0.25) is 23.6 Å². The van der Waals surface area contributed by atoms with Gasteiger partial charge < -0.3 is 39.3 Å². The number of thiazole rings is 1. The van der Waals surface area contributed by atoms with Gasteiger partial charge in [-0.15, -0.1) is 11.3 Å². The smallest absolute Gasteiger partial charge is 0.305 e. The first-order valence-electron chi connectivity index (χ1n) is 37.7. The highest BCUT2D eigenvalue weighted by molar-refractivity contribution is 7.13. The summed E-state index contributed by atoms with van der Waals surface area (Å²) in [7, 11) is 5.03. The SMILES string of the molecule is CC/C(=C(\c1ccccc1)c1ccc(OCCN(C)C(=O)CCCCCCC(=O)C[C@H](C(=O)N2C[C@H](O)C[C@H]2C(=O)NCc2ccc(-c3scnc3C)cc2)C(C)(C)C)cc1)c1ccccc1.CC/C(=C(\c1ccccc1)c1ccc(OCCN(C)C(=O)CCCCCCC(=O)OC)cc1)c1ccccc1. The number of allylic oxidation sites excluding steroid dienone is 2. The molecule has 8 aromatic rings.